The monoisotopic (exact) mass is 206 g/mol. The lowest BCUT2D eigenvalue weighted by Crippen LogP contribution is -2.02. The Labute approximate surface area is 94.0 Å². The molecule has 2 aromatic rings. The van der Waals surface area contributed by atoms with E-state index in [9.17, 15) is 4.79 Å². The fraction of sp³-hybridized carbons (Fsp3) is 0. The van der Waals surface area contributed by atoms with Crippen LogP contribution in [0.3, 0.4) is 0 Å². The molecule has 0 fully saturated rings. The van der Waals surface area contributed by atoms with Gasteiger partial charge in [-0.2, -0.15) is 0 Å². The third kappa shape index (κ3) is 1.38. The Kier molecular flexibility index (Phi) is 1.97. The predicted molar refractivity (Wildman–Crippen MR) is 65.2 cm³/mol. The Bertz CT molecular complexity index is 580. The minimum absolute atomic E-state index is 0.0868. The van der Waals surface area contributed by atoms with Crippen LogP contribution in [0.15, 0.2) is 48.5 Å². The molecule has 1 nitrogen and oxygen atoms in total. The van der Waals surface area contributed by atoms with Gasteiger partial charge in [0.25, 0.3) is 0 Å². The van der Waals surface area contributed by atoms with Gasteiger partial charge in [0.2, 0.25) is 0 Å². The summed E-state index contributed by atoms with van der Waals surface area (Å²) in [5.41, 5.74) is 3.87. The Morgan fingerprint density at radius 3 is 2.12 bits per heavy atom. The summed E-state index contributed by atoms with van der Waals surface area (Å²) in [6, 6.07) is 15.2. The van der Waals surface area contributed by atoms with E-state index in [-0.39, 0.29) is 5.78 Å². The second kappa shape index (κ2) is 3.46. The van der Waals surface area contributed by atoms with E-state index < -0.39 is 0 Å². The highest BCUT2D eigenvalue weighted by Gasteiger charge is 2.12. The van der Waals surface area contributed by atoms with Crippen LogP contribution < -0.4 is 0 Å². The van der Waals surface area contributed by atoms with Crippen molar-refractivity contribution in [3.63, 3.8) is 0 Å². The predicted octanol–water partition coefficient (Wildman–Crippen LogP) is 3.40. The molecule has 0 atom stereocenters. The van der Waals surface area contributed by atoms with Gasteiger partial charge in [0.05, 0.1) is 0 Å². The molecule has 3 rings (SSSR count). The molecule has 0 spiro atoms. The molecule has 0 saturated carbocycles. The minimum Gasteiger partial charge on any atom is -0.289 e. The van der Waals surface area contributed by atoms with Crippen LogP contribution in [0.5, 0.6) is 0 Å². The molecule has 0 unspecified atom stereocenters. The number of hydrogen-bond acceptors (Lipinski definition) is 1. The second-order valence-electron chi connectivity index (χ2n) is 3.87. The Morgan fingerprint density at radius 2 is 1.50 bits per heavy atom. The van der Waals surface area contributed by atoms with Gasteiger partial charge in [-0.05, 0) is 17.2 Å². The van der Waals surface area contributed by atoms with E-state index in [1.807, 2.05) is 60.7 Å². The van der Waals surface area contributed by atoms with Crippen LogP contribution in [-0.2, 0) is 0 Å². The lowest BCUT2D eigenvalue weighted by Gasteiger charge is -2.11. The summed E-state index contributed by atoms with van der Waals surface area (Å²) in [7, 11) is 0. The summed E-state index contributed by atoms with van der Waals surface area (Å²) in [6.07, 6.45) is 4.07. The van der Waals surface area contributed by atoms with Crippen molar-refractivity contribution in [3.8, 4) is 0 Å². The maximum atomic E-state index is 12.1. The van der Waals surface area contributed by atoms with E-state index in [4.69, 9.17) is 0 Å². The molecule has 16 heavy (non-hydrogen) atoms. The van der Waals surface area contributed by atoms with Crippen molar-refractivity contribution in [2.75, 3.05) is 0 Å². The van der Waals surface area contributed by atoms with Crippen molar-refractivity contribution < 1.29 is 4.79 Å². The topological polar surface area (TPSA) is 17.1 Å². The van der Waals surface area contributed by atoms with Gasteiger partial charge in [-0.15, -0.1) is 0 Å². The highest BCUT2D eigenvalue weighted by molar-refractivity contribution is 6.09. The Hall–Kier alpha value is -2.15. The van der Waals surface area contributed by atoms with E-state index in [1.54, 1.807) is 0 Å². The summed E-state index contributed by atoms with van der Waals surface area (Å²) >= 11 is 0. The average molecular weight is 206 g/mol. The highest BCUT2D eigenvalue weighted by atomic mass is 16.1. The molecule has 0 saturated heterocycles. The first-order valence-corrected chi connectivity index (χ1v) is 5.26. The van der Waals surface area contributed by atoms with Crippen LogP contribution in [0.4, 0.5) is 0 Å². The molecule has 0 radical (unpaired) electrons. The smallest absolute Gasteiger partial charge is 0.193 e. The van der Waals surface area contributed by atoms with E-state index in [1.165, 1.54) is 5.56 Å². The van der Waals surface area contributed by atoms with Crippen LogP contribution in [0, 0.1) is 0 Å². The van der Waals surface area contributed by atoms with Crippen molar-refractivity contribution in [2.45, 2.75) is 0 Å². The van der Waals surface area contributed by atoms with Crippen molar-refractivity contribution in [3.05, 3.63) is 70.8 Å². The molecule has 1 aliphatic carbocycles. The maximum Gasteiger partial charge on any atom is 0.193 e. The molecular weight excluding hydrogens is 196 g/mol. The van der Waals surface area contributed by atoms with Gasteiger partial charge in [0.15, 0.2) is 5.78 Å². The molecule has 1 aliphatic rings. The molecular formula is C15H10O. The number of fused-ring (bicyclic) bond motifs is 1. The van der Waals surface area contributed by atoms with Crippen LogP contribution in [-0.4, -0.2) is 5.78 Å². The van der Waals surface area contributed by atoms with Crippen molar-refractivity contribution in [1.29, 1.82) is 0 Å². The van der Waals surface area contributed by atoms with Gasteiger partial charge in [-0.3, -0.25) is 4.79 Å². The fourth-order valence-corrected chi connectivity index (χ4v) is 1.85. The van der Waals surface area contributed by atoms with E-state index in [0.29, 0.717) is 0 Å². The zero-order chi connectivity index (χ0) is 11.0. The van der Waals surface area contributed by atoms with E-state index in [0.717, 1.165) is 16.7 Å². The molecule has 0 heterocycles. The number of benzene rings is 2. The van der Waals surface area contributed by atoms with Crippen molar-refractivity contribution in [2.24, 2.45) is 0 Å². The van der Waals surface area contributed by atoms with Gasteiger partial charge >= 0.3 is 0 Å². The number of hydrogen-bond donors (Lipinski definition) is 0. The van der Waals surface area contributed by atoms with Gasteiger partial charge < -0.3 is 0 Å². The van der Waals surface area contributed by atoms with Gasteiger partial charge in [-0.1, -0.05) is 54.6 Å². The number of carbonyl (C=O) groups is 1. The Balaban J connectivity index is 1.99. The zero-order valence-electron chi connectivity index (χ0n) is 8.68. The fourth-order valence-electron chi connectivity index (χ4n) is 1.85. The van der Waals surface area contributed by atoms with Crippen LogP contribution in [0.1, 0.15) is 27.0 Å². The molecule has 76 valence electrons. The van der Waals surface area contributed by atoms with Crippen molar-refractivity contribution in [1.82, 2.24) is 0 Å². The average Bonchev–Trinajstić information content (AvgIpc) is 2.31. The van der Waals surface area contributed by atoms with E-state index >= 15 is 0 Å². The van der Waals surface area contributed by atoms with Gasteiger partial charge in [0.1, 0.15) is 0 Å². The van der Waals surface area contributed by atoms with Crippen LogP contribution >= 0.6 is 0 Å². The molecule has 2 aromatic carbocycles. The molecule has 0 bridgehead atoms. The van der Waals surface area contributed by atoms with E-state index in [2.05, 4.69) is 0 Å². The molecule has 1 heteroatoms. The largest absolute Gasteiger partial charge is 0.289 e. The number of rotatable bonds is 2. The van der Waals surface area contributed by atoms with Crippen LogP contribution in [0.2, 0.25) is 0 Å². The van der Waals surface area contributed by atoms with Crippen molar-refractivity contribution >= 4 is 17.9 Å². The first-order valence-electron chi connectivity index (χ1n) is 5.26. The first-order chi connectivity index (χ1) is 7.84. The normalized spacial score (nSPS) is 11.8. The zero-order valence-corrected chi connectivity index (χ0v) is 8.68. The minimum atomic E-state index is 0.0868. The third-order valence-corrected chi connectivity index (χ3v) is 2.83. The maximum absolute atomic E-state index is 12.1. The molecule has 0 aromatic heterocycles. The van der Waals surface area contributed by atoms with Gasteiger partial charge in [-0.25, -0.2) is 0 Å². The summed E-state index contributed by atoms with van der Waals surface area (Å²) in [5.74, 6) is 0.0868. The Morgan fingerprint density at radius 1 is 0.750 bits per heavy atom. The third-order valence-electron chi connectivity index (χ3n) is 2.83. The number of carbonyl (C=O) groups excluding carboxylic acids is 1. The summed E-state index contributed by atoms with van der Waals surface area (Å²) in [5, 5.41) is 0. The molecule has 0 aliphatic heterocycles. The summed E-state index contributed by atoms with van der Waals surface area (Å²) < 4.78 is 0. The number of ketones is 1. The summed E-state index contributed by atoms with van der Waals surface area (Å²) in [4.78, 5) is 12.1. The second-order valence-corrected chi connectivity index (χ2v) is 3.87. The molecule has 0 N–H and O–H groups in total. The lowest BCUT2D eigenvalue weighted by atomic mass is 9.93. The quantitative estimate of drug-likeness (QED) is 0.587. The lowest BCUT2D eigenvalue weighted by molar-refractivity contribution is 0.103. The molecule has 0 amide bonds. The van der Waals surface area contributed by atoms with Gasteiger partial charge in [0, 0.05) is 11.1 Å². The first kappa shape index (κ1) is 9.10. The highest BCUT2D eigenvalue weighted by Crippen LogP contribution is 2.25. The standard InChI is InChI=1S/C15H10O/c16-15(12-4-2-1-3-5-12)14-9-7-11-6-8-13(11)10-14/h1-10H. The SMILES string of the molecule is O=C(c1ccccc1)c1ccc2c(c1)C=C2. The summed E-state index contributed by atoms with van der Waals surface area (Å²) in [6.45, 7) is 0. The van der Waals surface area contributed by atoms with Crippen LogP contribution in [0.25, 0.3) is 12.2 Å².